The first-order chi connectivity index (χ1) is 17.9. The molecule has 1 heterocycles. The number of dihydropyridines is 1. The molecule has 6 nitrogen and oxygen atoms in total. The Hall–Kier alpha value is -3.59. The highest BCUT2D eigenvalue weighted by Gasteiger charge is 2.39. The Morgan fingerprint density at radius 2 is 1.58 bits per heavy atom. The molecule has 1 aliphatic heterocycles. The van der Waals surface area contributed by atoms with Crippen LogP contribution in [-0.4, -0.2) is 43.1 Å². The Kier molecular flexibility index (Phi) is 9.38. The fraction of sp³-hybridized carbons (Fsp3) is 0.379. The average Bonchev–Trinajstić information content (AvgIpc) is 2.86. The van der Waals surface area contributed by atoms with Crippen molar-refractivity contribution in [1.82, 2.24) is 10.2 Å². The van der Waals surface area contributed by atoms with Crippen LogP contribution in [0.25, 0.3) is 0 Å². The maximum atomic E-state index is 13.5. The van der Waals surface area contributed by atoms with E-state index in [1.54, 1.807) is 20.8 Å². The number of nitrogens with one attached hydrogen (secondary N) is 1. The normalized spacial score (nSPS) is 16.8. The second-order valence-electron chi connectivity index (χ2n) is 9.33. The van der Waals surface area contributed by atoms with Crippen LogP contribution in [0.2, 0.25) is 0 Å². The average molecular weight is 531 g/mol. The van der Waals surface area contributed by atoms with Crippen molar-refractivity contribution in [3.05, 3.63) is 93.8 Å². The summed E-state index contributed by atoms with van der Waals surface area (Å²) in [6.07, 6.45) is -4.59. The lowest BCUT2D eigenvalue weighted by Crippen LogP contribution is -2.36. The first-order valence-corrected chi connectivity index (χ1v) is 12.4. The molecule has 3 rings (SSSR count). The van der Waals surface area contributed by atoms with Gasteiger partial charge in [-0.1, -0.05) is 48.5 Å². The molecule has 0 bridgehead atoms. The van der Waals surface area contributed by atoms with Gasteiger partial charge in [-0.3, -0.25) is 4.90 Å². The number of halogens is 3. The predicted octanol–water partition coefficient (Wildman–Crippen LogP) is 5.57. The number of alkyl halides is 3. The van der Waals surface area contributed by atoms with Crippen LogP contribution in [0.1, 0.15) is 50.3 Å². The summed E-state index contributed by atoms with van der Waals surface area (Å²) in [5.41, 5.74) is 1.30. The van der Waals surface area contributed by atoms with Gasteiger partial charge in [0.25, 0.3) is 0 Å². The van der Waals surface area contributed by atoms with E-state index in [0.29, 0.717) is 17.9 Å². The van der Waals surface area contributed by atoms with Crippen LogP contribution < -0.4 is 5.32 Å². The highest BCUT2D eigenvalue weighted by Crippen LogP contribution is 2.41. The molecule has 2 aromatic carbocycles. The van der Waals surface area contributed by atoms with Crippen LogP contribution >= 0.6 is 0 Å². The standard InChI is InChI=1S/C29H33F3N2O4/c1-6-37-27(35)24-19(3)33-20(4)25(26(24)22-13-10-14-23(15-22)29(30,31)32)28(36)38-17-18(2)34(5)16-21-11-8-7-9-12-21/h7-15,18,26,33H,6,16-17H2,1-5H3. The van der Waals surface area contributed by atoms with Gasteiger partial charge in [0.2, 0.25) is 0 Å². The number of hydrogen-bond acceptors (Lipinski definition) is 6. The van der Waals surface area contributed by atoms with E-state index in [-0.39, 0.29) is 36.0 Å². The van der Waals surface area contributed by atoms with Gasteiger partial charge in [0.15, 0.2) is 0 Å². The van der Waals surface area contributed by atoms with Crippen LogP contribution in [0.15, 0.2) is 77.1 Å². The van der Waals surface area contributed by atoms with E-state index >= 15 is 0 Å². The number of rotatable bonds is 9. The molecule has 2 aromatic rings. The van der Waals surface area contributed by atoms with Gasteiger partial charge in [-0.2, -0.15) is 13.2 Å². The predicted molar refractivity (Wildman–Crippen MR) is 138 cm³/mol. The molecule has 9 heteroatoms. The number of ether oxygens (including phenoxy) is 2. The monoisotopic (exact) mass is 530 g/mol. The summed E-state index contributed by atoms with van der Waals surface area (Å²) >= 11 is 0. The highest BCUT2D eigenvalue weighted by atomic mass is 19.4. The minimum Gasteiger partial charge on any atom is -0.463 e. The van der Waals surface area contributed by atoms with E-state index in [0.717, 1.165) is 17.7 Å². The smallest absolute Gasteiger partial charge is 0.416 e. The van der Waals surface area contributed by atoms with Gasteiger partial charge in [-0.15, -0.1) is 0 Å². The third-order valence-electron chi connectivity index (χ3n) is 6.51. The van der Waals surface area contributed by atoms with E-state index < -0.39 is 29.6 Å². The summed E-state index contributed by atoms with van der Waals surface area (Å²) < 4.78 is 51.5. The summed E-state index contributed by atoms with van der Waals surface area (Å²) in [4.78, 5) is 28.4. The van der Waals surface area contributed by atoms with Crippen molar-refractivity contribution < 1.29 is 32.2 Å². The fourth-order valence-corrected chi connectivity index (χ4v) is 4.40. The SMILES string of the molecule is CCOC(=O)C1=C(C)NC(C)=C(C(=O)OCC(C)N(C)Cc2ccccc2)C1c1cccc(C(F)(F)F)c1. The molecule has 0 aliphatic carbocycles. The lowest BCUT2D eigenvalue weighted by atomic mass is 9.80. The number of allylic oxidation sites excluding steroid dienone is 2. The molecule has 1 aliphatic rings. The van der Waals surface area contributed by atoms with Gasteiger partial charge < -0.3 is 14.8 Å². The maximum Gasteiger partial charge on any atom is 0.416 e. The molecule has 0 saturated carbocycles. The first kappa shape index (κ1) is 29.0. The zero-order valence-corrected chi connectivity index (χ0v) is 22.2. The first-order valence-electron chi connectivity index (χ1n) is 12.4. The molecular weight excluding hydrogens is 497 g/mol. The van der Waals surface area contributed by atoms with Gasteiger partial charge >= 0.3 is 18.1 Å². The number of hydrogen-bond donors (Lipinski definition) is 1. The van der Waals surface area contributed by atoms with Crippen LogP contribution in [0.4, 0.5) is 13.2 Å². The van der Waals surface area contributed by atoms with Crippen molar-refractivity contribution >= 4 is 11.9 Å². The number of esters is 2. The molecular formula is C29H33F3N2O4. The Bertz CT molecular complexity index is 1220. The molecule has 1 N–H and O–H groups in total. The second kappa shape index (κ2) is 12.3. The van der Waals surface area contributed by atoms with Crippen molar-refractivity contribution in [2.24, 2.45) is 0 Å². The molecule has 0 radical (unpaired) electrons. The van der Waals surface area contributed by atoms with Gasteiger partial charge in [-0.25, -0.2) is 9.59 Å². The fourth-order valence-electron chi connectivity index (χ4n) is 4.40. The summed E-state index contributed by atoms with van der Waals surface area (Å²) in [7, 11) is 1.91. The molecule has 0 fully saturated rings. The number of likely N-dealkylation sites (N-methyl/N-ethyl adjacent to an activating group) is 1. The Balaban J connectivity index is 1.91. The highest BCUT2D eigenvalue weighted by molar-refractivity contribution is 5.99. The maximum absolute atomic E-state index is 13.5. The molecule has 2 atom stereocenters. The quantitative estimate of drug-likeness (QED) is 0.428. The van der Waals surface area contributed by atoms with Gasteiger partial charge in [-0.05, 0) is 51.9 Å². The molecule has 2 unspecified atom stereocenters. The lowest BCUT2D eigenvalue weighted by molar-refractivity contribution is -0.141. The van der Waals surface area contributed by atoms with Gasteiger partial charge in [0.05, 0.1) is 29.2 Å². The molecule has 204 valence electrons. The minimum absolute atomic E-state index is 0.0473. The van der Waals surface area contributed by atoms with Crippen molar-refractivity contribution in [3.8, 4) is 0 Å². The van der Waals surface area contributed by atoms with E-state index in [1.807, 2.05) is 49.2 Å². The summed E-state index contributed by atoms with van der Waals surface area (Å²) in [6, 6.07) is 14.3. The third kappa shape index (κ3) is 6.83. The molecule has 0 spiro atoms. The Labute approximate surface area is 221 Å². The lowest BCUT2D eigenvalue weighted by Gasteiger charge is -2.31. The number of carbonyl (C=O) groups is 2. The summed E-state index contributed by atoms with van der Waals surface area (Å²) in [5.74, 6) is -2.53. The molecule has 38 heavy (non-hydrogen) atoms. The van der Waals surface area contributed by atoms with Crippen molar-refractivity contribution in [2.45, 2.75) is 52.4 Å². The molecule has 0 amide bonds. The van der Waals surface area contributed by atoms with Crippen molar-refractivity contribution in [3.63, 3.8) is 0 Å². The number of benzene rings is 2. The second-order valence-corrected chi connectivity index (χ2v) is 9.33. The van der Waals surface area contributed by atoms with Gasteiger partial charge in [0.1, 0.15) is 6.61 Å². The van der Waals surface area contributed by atoms with E-state index in [9.17, 15) is 22.8 Å². The van der Waals surface area contributed by atoms with Crippen molar-refractivity contribution in [1.29, 1.82) is 0 Å². The number of carbonyl (C=O) groups excluding carboxylic acids is 2. The van der Waals surface area contributed by atoms with E-state index in [4.69, 9.17) is 9.47 Å². The zero-order chi connectivity index (χ0) is 28.0. The van der Waals surface area contributed by atoms with E-state index in [1.165, 1.54) is 12.1 Å². The van der Waals surface area contributed by atoms with Crippen LogP contribution in [-0.2, 0) is 31.8 Å². The van der Waals surface area contributed by atoms with Crippen LogP contribution in [0, 0.1) is 0 Å². The minimum atomic E-state index is -4.59. The van der Waals surface area contributed by atoms with Crippen LogP contribution in [0.3, 0.4) is 0 Å². The van der Waals surface area contributed by atoms with Crippen molar-refractivity contribution in [2.75, 3.05) is 20.3 Å². The van der Waals surface area contributed by atoms with Gasteiger partial charge in [0, 0.05) is 24.0 Å². The molecule has 0 saturated heterocycles. The third-order valence-corrected chi connectivity index (χ3v) is 6.51. The Morgan fingerprint density at radius 1 is 0.974 bits per heavy atom. The summed E-state index contributed by atoms with van der Waals surface area (Å²) in [5, 5.41) is 3.01. The van der Waals surface area contributed by atoms with Crippen LogP contribution in [0.5, 0.6) is 0 Å². The summed E-state index contributed by atoms with van der Waals surface area (Å²) in [6.45, 7) is 7.56. The van der Waals surface area contributed by atoms with E-state index in [2.05, 4.69) is 5.32 Å². The number of nitrogens with zero attached hydrogens (tertiary/aromatic N) is 1. The molecule has 0 aromatic heterocycles. The topological polar surface area (TPSA) is 67.9 Å². The zero-order valence-electron chi connectivity index (χ0n) is 22.2. The largest absolute Gasteiger partial charge is 0.463 e. The Morgan fingerprint density at radius 3 is 2.16 bits per heavy atom.